The minimum Gasteiger partial charge on any atom is -0.354 e. The molecule has 7 heteroatoms. The Bertz CT molecular complexity index is 941. The highest BCUT2D eigenvalue weighted by Gasteiger charge is 2.40. The molecule has 0 spiro atoms. The first-order valence-electron chi connectivity index (χ1n) is 10.3. The molecule has 7 nitrogen and oxygen atoms in total. The van der Waals surface area contributed by atoms with Crippen LogP contribution in [0, 0.1) is 11.8 Å². The van der Waals surface area contributed by atoms with Gasteiger partial charge in [-0.1, -0.05) is 49.3 Å². The second kappa shape index (κ2) is 7.55. The third-order valence-electron chi connectivity index (χ3n) is 5.96. The van der Waals surface area contributed by atoms with Crippen molar-refractivity contribution in [1.82, 2.24) is 25.2 Å². The van der Waals surface area contributed by atoms with E-state index in [2.05, 4.69) is 68.3 Å². The lowest BCUT2D eigenvalue weighted by molar-refractivity contribution is 0.254. The summed E-state index contributed by atoms with van der Waals surface area (Å²) in [5.74, 6) is 4.10. The highest BCUT2D eigenvalue weighted by atomic mass is 16.5. The summed E-state index contributed by atoms with van der Waals surface area (Å²) >= 11 is 0. The van der Waals surface area contributed by atoms with Crippen molar-refractivity contribution in [3.63, 3.8) is 0 Å². The Labute approximate surface area is 170 Å². The van der Waals surface area contributed by atoms with Gasteiger partial charge in [0.25, 0.3) is 0 Å². The van der Waals surface area contributed by atoms with E-state index in [1.165, 1.54) is 0 Å². The van der Waals surface area contributed by atoms with Crippen LogP contribution in [-0.4, -0.2) is 51.4 Å². The first kappa shape index (κ1) is 18.2. The number of likely N-dealkylation sites (tertiary alicyclic amines) is 1. The maximum absolute atomic E-state index is 5.42. The van der Waals surface area contributed by atoms with Crippen LogP contribution >= 0.6 is 0 Å². The van der Waals surface area contributed by atoms with Crippen molar-refractivity contribution >= 4 is 5.82 Å². The van der Waals surface area contributed by atoms with Crippen LogP contribution in [0.25, 0.3) is 11.3 Å². The minimum absolute atomic E-state index is 0.299. The maximum Gasteiger partial charge on any atom is 0.240 e. The lowest BCUT2D eigenvalue weighted by Crippen LogP contribution is -2.29. The van der Waals surface area contributed by atoms with E-state index in [-0.39, 0.29) is 0 Å². The molecule has 150 valence electrons. The van der Waals surface area contributed by atoms with Crippen molar-refractivity contribution in [3.05, 3.63) is 54.2 Å². The van der Waals surface area contributed by atoms with E-state index in [1.807, 2.05) is 18.2 Å². The van der Waals surface area contributed by atoms with Gasteiger partial charge in [-0.05, 0) is 24.0 Å². The summed E-state index contributed by atoms with van der Waals surface area (Å²) in [6.07, 6.45) is 0. The van der Waals surface area contributed by atoms with Gasteiger partial charge in [-0.25, -0.2) is 0 Å². The Morgan fingerprint density at radius 3 is 2.34 bits per heavy atom. The van der Waals surface area contributed by atoms with Gasteiger partial charge in [0.2, 0.25) is 5.89 Å². The summed E-state index contributed by atoms with van der Waals surface area (Å²) in [4.78, 5) is 9.33. The highest BCUT2D eigenvalue weighted by Crippen LogP contribution is 2.34. The zero-order valence-electron chi connectivity index (χ0n) is 16.9. The summed E-state index contributed by atoms with van der Waals surface area (Å²) < 4.78 is 5.42. The highest BCUT2D eigenvalue weighted by molar-refractivity contribution is 5.59. The average molecular weight is 390 g/mol. The molecule has 0 N–H and O–H groups in total. The number of fused-ring (bicyclic) bond motifs is 1. The first-order chi connectivity index (χ1) is 14.2. The van der Waals surface area contributed by atoms with Crippen LogP contribution in [0.1, 0.15) is 31.5 Å². The van der Waals surface area contributed by atoms with Gasteiger partial charge in [-0.2, -0.15) is 4.98 Å². The lowest BCUT2D eigenvalue weighted by atomic mass is 10.0. The predicted molar refractivity (Wildman–Crippen MR) is 110 cm³/mol. The summed E-state index contributed by atoms with van der Waals surface area (Å²) in [5.41, 5.74) is 2.02. The standard InChI is InChI=1S/C22H26N6O/c1-15(2)22-23-21(29-26-22)14-27-10-17-12-28(13-18(17)11-27)20-9-8-19(24-25-20)16-6-4-3-5-7-16/h3-9,15,17-18H,10-14H2,1-2H3. The molecule has 0 bridgehead atoms. The van der Waals surface area contributed by atoms with E-state index in [0.717, 1.165) is 61.5 Å². The number of anilines is 1. The normalized spacial score (nSPS) is 21.8. The van der Waals surface area contributed by atoms with Crippen molar-refractivity contribution in [2.75, 3.05) is 31.1 Å². The average Bonchev–Trinajstić information content (AvgIpc) is 3.44. The van der Waals surface area contributed by atoms with Gasteiger partial charge in [0, 0.05) is 37.7 Å². The van der Waals surface area contributed by atoms with Crippen molar-refractivity contribution in [2.24, 2.45) is 11.8 Å². The Morgan fingerprint density at radius 1 is 0.966 bits per heavy atom. The zero-order valence-corrected chi connectivity index (χ0v) is 16.9. The molecule has 4 heterocycles. The predicted octanol–water partition coefficient (Wildman–Crippen LogP) is 3.22. The molecular formula is C22H26N6O. The topological polar surface area (TPSA) is 71.2 Å². The third kappa shape index (κ3) is 3.74. The van der Waals surface area contributed by atoms with E-state index in [4.69, 9.17) is 4.52 Å². The molecule has 0 amide bonds. The van der Waals surface area contributed by atoms with Gasteiger partial charge in [0.05, 0.1) is 12.2 Å². The molecule has 0 radical (unpaired) electrons. The lowest BCUT2D eigenvalue weighted by Gasteiger charge is -2.21. The molecule has 3 aromatic rings. The molecule has 1 aromatic carbocycles. The molecule has 0 saturated carbocycles. The van der Waals surface area contributed by atoms with Crippen molar-refractivity contribution in [1.29, 1.82) is 0 Å². The third-order valence-corrected chi connectivity index (χ3v) is 5.96. The molecule has 2 fully saturated rings. The van der Waals surface area contributed by atoms with E-state index >= 15 is 0 Å². The molecule has 2 saturated heterocycles. The molecular weight excluding hydrogens is 364 g/mol. The van der Waals surface area contributed by atoms with E-state index < -0.39 is 0 Å². The quantitative estimate of drug-likeness (QED) is 0.662. The van der Waals surface area contributed by atoms with Crippen LogP contribution in [0.15, 0.2) is 47.0 Å². The minimum atomic E-state index is 0.299. The van der Waals surface area contributed by atoms with Crippen LogP contribution in [0.4, 0.5) is 5.82 Å². The molecule has 2 aliphatic heterocycles. The molecule has 2 aliphatic rings. The van der Waals surface area contributed by atoms with Crippen LogP contribution in [0.2, 0.25) is 0 Å². The molecule has 2 atom stereocenters. The van der Waals surface area contributed by atoms with E-state index in [0.29, 0.717) is 17.8 Å². The van der Waals surface area contributed by atoms with Crippen molar-refractivity contribution in [3.8, 4) is 11.3 Å². The Kier molecular flexibility index (Phi) is 4.75. The van der Waals surface area contributed by atoms with E-state index in [1.54, 1.807) is 0 Å². The van der Waals surface area contributed by atoms with Gasteiger partial charge in [-0.15, -0.1) is 10.2 Å². The van der Waals surface area contributed by atoms with Crippen LogP contribution in [0.3, 0.4) is 0 Å². The Balaban J connectivity index is 1.19. The fraction of sp³-hybridized carbons (Fsp3) is 0.455. The SMILES string of the molecule is CC(C)c1noc(CN2CC3CN(c4ccc(-c5ccccc5)nn4)CC3C2)n1. The smallest absolute Gasteiger partial charge is 0.240 e. The number of benzene rings is 1. The van der Waals surface area contributed by atoms with Gasteiger partial charge in [0.1, 0.15) is 0 Å². The van der Waals surface area contributed by atoms with Gasteiger partial charge in [-0.3, -0.25) is 4.90 Å². The van der Waals surface area contributed by atoms with Gasteiger partial charge >= 0.3 is 0 Å². The van der Waals surface area contributed by atoms with Gasteiger partial charge < -0.3 is 9.42 Å². The number of hydrogen-bond acceptors (Lipinski definition) is 7. The summed E-state index contributed by atoms with van der Waals surface area (Å²) in [6, 6.07) is 14.4. The molecule has 29 heavy (non-hydrogen) atoms. The Hall–Kier alpha value is -2.80. The zero-order chi connectivity index (χ0) is 19.8. The first-order valence-corrected chi connectivity index (χ1v) is 10.3. The fourth-order valence-corrected chi connectivity index (χ4v) is 4.42. The molecule has 2 aromatic heterocycles. The number of hydrogen-bond donors (Lipinski definition) is 0. The second-order valence-corrected chi connectivity index (χ2v) is 8.46. The molecule has 0 aliphatic carbocycles. The summed E-state index contributed by atoms with van der Waals surface area (Å²) in [5, 5.41) is 13.0. The summed E-state index contributed by atoms with van der Waals surface area (Å²) in [7, 11) is 0. The fourth-order valence-electron chi connectivity index (χ4n) is 4.42. The van der Waals surface area contributed by atoms with Crippen molar-refractivity contribution in [2.45, 2.75) is 26.3 Å². The molecule has 2 unspecified atom stereocenters. The summed E-state index contributed by atoms with van der Waals surface area (Å²) in [6.45, 7) is 9.10. The molecule has 5 rings (SSSR count). The van der Waals surface area contributed by atoms with Crippen LogP contribution < -0.4 is 4.90 Å². The van der Waals surface area contributed by atoms with E-state index in [9.17, 15) is 0 Å². The van der Waals surface area contributed by atoms with Gasteiger partial charge in [0.15, 0.2) is 11.6 Å². The number of aromatic nitrogens is 4. The maximum atomic E-state index is 5.42. The van der Waals surface area contributed by atoms with Crippen molar-refractivity contribution < 1.29 is 4.52 Å². The van der Waals surface area contributed by atoms with Crippen LogP contribution in [0.5, 0.6) is 0 Å². The van der Waals surface area contributed by atoms with Crippen LogP contribution in [-0.2, 0) is 6.54 Å². The monoisotopic (exact) mass is 390 g/mol. The Morgan fingerprint density at radius 2 is 1.72 bits per heavy atom. The number of rotatable bonds is 5. The number of nitrogens with zero attached hydrogens (tertiary/aromatic N) is 6. The largest absolute Gasteiger partial charge is 0.354 e. The second-order valence-electron chi connectivity index (χ2n) is 8.46.